The number of thiazole rings is 1. The van der Waals surface area contributed by atoms with E-state index in [1.165, 1.54) is 0 Å². The first-order chi connectivity index (χ1) is 11.4. The van der Waals surface area contributed by atoms with Crippen LogP contribution in [0.2, 0.25) is 0 Å². The minimum absolute atomic E-state index is 0.0211. The lowest BCUT2D eigenvalue weighted by molar-refractivity contribution is 0.559. The summed E-state index contributed by atoms with van der Waals surface area (Å²) >= 11 is 1.67. The van der Waals surface area contributed by atoms with Crippen LogP contribution in [0, 0.1) is 6.92 Å². The zero-order chi connectivity index (χ0) is 17.3. The van der Waals surface area contributed by atoms with Gasteiger partial charge in [-0.05, 0) is 25.1 Å². The topological polar surface area (TPSA) is 56.7 Å². The van der Waals surface area contributed by atoms with Gasteiger partial charge in [-0.2, -0.15) is 5.10 Å². The maximum absolute atomic E-state index is 6.14. The first kappa shape index (κ1) is 16.9. The Morgan fingerprint density at radius 2 is 1.92 bits per heavy atom. The molecule has 24 heavy (non-hydrogen) atoms. The molecule has 1 atom stereocenters. The summed E-state index contributed by atoms with van der Waals surface area (Å²) in [4.78, 5) is 4.66. The van der Waals surface area contributed by atoms with Crippen LogP contribution in [0.15, 0.2) is 41.8 Å². The molecule has 3 rings (SSSR count). The van der Waals surface area contributed by atoms with Gasteiger partial charge >= 0.3 is 0 Å². The molecular weight excluding hydrogens is 316 g/mol. The summed E-state index contributed by atoms with van der Waals surface area (Å²) in [6.07, 6.45) is 0. The molecule has 0 aliphatic rings. The van der Waals surface area contributed by atoms with Gasteiger partial charge in [0.1, 0.15) is 5.01 Å². The summed E-state index contributed by atoms with van der Waals surface area (Å²) < 4.78 is 2.02. The van der Waals surface area contributed by atoms with Crippen molar-refractivity contribution in [2.45, 2.75) is 39.0 Å². The van der Waals surface area contributed by atoms with Crippen molar-refractivity contribution in [3.8, 4) is 5.69 Å². The molecule has 2 N–H and O–H groups in total. The van der Waals surface area contributed by atoms with E-state index in [-0.39, 0.29) is 11.3 Å². The van der Waals surface area contributed by atoms with E-state index in [0.29, 0.717) is 6.54 Å². The minimum atomic E-state index is -0.0211. The van der Waals surface area contributed by atoms with Gasteiger partial charge in [-0.25, -0.2) is 9.67 Å². The SMILES string of the molecule is Cc1csc(C(CN)c2cc(C(C)(C)C)nn2-c2ccccc2)n1. The number of benzene rings is 1. The third-order valence-electron chi connectivity index (χ3n) is 4.03. The van der Waals surface area contributed by atoms with Crippen LogP contribution in [0.5, 0.6) is 0 Å². The molecule has 5 heteroatoms. The molecule has 0 saturated carbocycles. The fourth-order valence-electron chi connectivity index (χ4n) is 2.67. The number of para-hydroxylation sites is 1. The molecule has 0 saturated heterocycles. The fraction of sp³-hybridized carbons (Fsp3) is 0.368. The third-order valence-corrected chi connectivity index (χ3v) is 5.11. The average Bonchev–Trinajstić information content (AvgIpc) is 3.16. The van der Waals surface area contributed by atoms with Crippen LogP contribution in [-0.4, -0.2) is 21.3 Å². The molecule has 4 nitrogen and oxygen atoms in total. The van der Waals surface area contributed by atoms with Crippen molar-refractivity contribution in [3.05, 3.63) is 63.9 Å². The molecule has 1 aromatic carbocycles. The molecular formula is C19H24N4S. The van der Waals surface area contributed by atoms with Crippen LogP contribution < -0.4 is 5.73 Å². The summed E-state index contributed by atoms with van der Waals surface area (Å²) in [6.45, 7) is 9.07. The van der Waals surface area contributed by atoms with E-state index in [9.17, 15) is 0 Å². The van der Waals surface area contributed by atoms with Gasteiger partial charge in [0.25, 0.3) is 0 Å². The van der Waals surface area contributed by atoms with E-state index < -0.39 is 0 Å². The maximum atomic E-state index is 6.14. The highest BCUT2D eigenvalue weighted by Gasteiger charge is 2.26. The summed E-state index contributed by atoms with van der Waals surface area (Å²) in [6, 6.07) is 12.4. The molecule has 2 aromatic heterocycles. The number of aromatic nitrogens is 3. The number of rotatable bonds is 4. The number of aryl methyl sites for hydroxylation is 1. The average molecular weight is 340 g/mol. The second-order valence-electron chi connectivity index (χ2n) is 7.07. The Bertz CT molecular complexity index is 812. The lowest BCUT2D eigenvalue weighted by Gasteiger charge is -2.14. The van der Waals surface area contributed by atoms with Gasteiger partial charge in [-0.1, -0.05) is 39.0 Å². The lowest BCUT2D eigenvalue weighted by atomic mass is 9.91. The van der Waals surface area contributed by atoms with Gasteiger partial charge < -0.3 is 5.73 Å². The van der Waals surface area contributed by atoms with Crippen LogP contribution in [0.4, 0.5) is 0 Å². The molecule has 0 fully saturated rings. The zero-order valence-electron chi connectivity index (χ0n) is 14.7. The van der Waals surface area contributed by atoms with Crippen molar-refractivity contribution in [2.75, 3.05) is 6.54 Å². The summed E-state index contributed by atoms with van der Waals surface area (Å²) in [7, 11) is 0. The highest BCUT2D eigenvalue weighted by Crippen LogP contribution is 2.32. The lowest BCUT2D eigenvalue weighted by Crippen LogP contribution is -2.17. The van der Waals surface area contributed by atoms with Crippen LogP contribution in [0.3, 0.4) is 0 Å². The van der Waals surface area contributed by atoms with E-state index >= 15 is 0 Å². The van der Waals surface area contributed by atoms with E-state index in [1.54, 1.807) is 11.3 Å². The second kappa shape index (κ2) is 6.49. The van der Waals surface area contributed by atoms with Crippen molar-refractivity contribution in [2.24, 2.45) is 5.73 Å². The smallest absolute Gasteiger partial charge is 0.103 e. The predicted molar refractivity (Wildman–Crippen MR) is 100 cm³/mol. The Balaban J connectivity index is 2.16. The molecule has 2 heterocycles. The van der Waals surface area contributed by atoms with Crippen LogP contribution >= 0.6 is 11.3 Å². The van der Waals surface area contributed by atoms with Crippen LogP contribution in [0.25, 0.3) is 5.69 Å². The highest BCUT2D eigenvalue weighted by atomic mass is 32.1. The Labute approximate surface area is 147 Å². The highest BCUT2D eigenvalue weighted by molar-refractivity contribution is 7.09. The molecule has 0 spiro atoms. The maximum Gasteiger partial charge on any atom is 0.103 e. The number of nitrogens with zero attached hydrogens (tertiary/aromatic N) is 3. The Kier molecular flexibility index (Phi) is 4.56. The Morgan fingerprint density at radius 1 is 1.21 bits per heavy atom. The van der Waals surface area contributed by atoms with Gasteiger partial charge in [0.15, 0.2) is 0 Å². The molecule has 0 amide bonds. The molecule has 0 radical (unpaired) electrons. The van der Waals surface area contributed by atoms with Crippen molar-refractivity contribution >= 4 is 11.3 Å². The molecule has 3 aromatic rings. The number of nitrogens with two attached hydrogens (primary N) is 1. The summed E-state index contributed by atoms with van der Waals surface area (Å²) in [5, 5.41) is 8.01. The predicted octanol–water partition coefficient (Wildman–Crippen LogP) is 4.03. The van der Waals surface area contributed by atoms with Crippen LogP contribution in [-0.2, 0) is 5.41 Å². The van der Waals surface area contributed by atoms with Gasteiger partial charge in [0.2, 0.25) is 0 Å². The van der Waals surface area contributed by atoms with Gasteiger partial charge in [-0.3, -0.25) is 0 Å². The number of hydrogen-bond donors (Lipinski definition) is 1. The van der Waals surface area contributed by atoms with E-state index in [0.717, 1.165) is 27.8 Å². The standard InChI is InChI=1S/C19H24N4S/c1-13-12-24-18(21-13)15(11-20)16-10-17(19(2,3)4)22-23(16)14-8-6-5-7-9-14/h5-10,12,15H,11,20H2,1-4H3. The fourth-order valence-corrected chi connectivity index (χ4v) is 3.59. The minimum Gasteiger partial charge on any atom is -0.329 e. The first-order valence-electron chi connectivity index (χ1n) is 8.18. The third kappa shape index (κ3) is 3.28. The van der Waals surface area contributed by atoms with Crippen molar-refractivity contribution in [1.29, 1.82) is 0 Å². The first-order valence-corrected chi connectivity index (χ1v) is 9.06. The van der Waals surface area contributed by atoms with Gasteiger partial charge in [0, 0.05) is 23.0 Å². The van der Waals surface area contributed by atoms with Crippen molar-refractivity contribution < 1.29 is 0 Å². The second-order valence-corrected chi connectivity index (χ2v) is 7.96. The van der Waals surface area contributed by atoms with E-state index in [1.807, 2.05) is 29.8 Å². The normalized spacial score (nSPS) is 13.2. The van der Waals surface area contributed by atoms with Crippen molar-refractivity contribution in [3.63, 3.8) is 0 Å². The van der Waals surface area contributed by atoms with E-state index in [4.69, 9.17) is 10.8 Å². The Hall–Kier alpha value is -1.98. The number of hydrogen-bond acceptors (Lipinski definition) is 4. The monoisotopic (exact) mass is 340 g/mol. The molecule has 0 aliphatic heterocycles. The largest absolute Gasteiger partial charge is 0.329 e. The molecule has 1 unspecified atom stereocenters. The molecule has 0 bridgehead atoms. The Morgan fingerprint density at radius 3 is 2.46 bits per heavy atom. The summed E-state index contributed by atoms with van der Waals surface area (Å²) in [5.74, 6) is 0.0486. The van der Waals surface area contributed by atoms with Gasteiger partial charge in [-0.15, -0.1) is 11.3 Å². The molecule has 126 valence electrons. The van der Waals surface area contributed by atoms with Crippen molar-refractivity contribution in [1.82, 2.24) is 14.8 Å². The van der Waals surface area contributed by atoms with Gasteiger partial charge in [0.05, 0.1) is 23.0 Å². The zero-order valence-corrected chi connectivity index (χ0v) is 15.5. The van der Waals surface area contributed by atoms with Crippen LogP contribution in [0.1, 0.15) is 48.8 Å². The molecule has 0 aliphatic carbocycles. The quantitative estimate of drug-likeness (QED) is 0.780. The van der Waals surface area contributed by atoms with E-state index in [2.05, 4.69) is 49.3 Å². The summed E-state index contributed by atoms with van der Waals surface area (Å²) in [5.41, 5.74) is 10.4.